The molecule has 0 aliphatic rings. The van der Waals surface area contributed by atoms with Crippen LogP contribution in [0.3, 0.4) is 0 Å². The van der Waals surface area contributed by atoms with E-state index in [1.54, 1.807) is 24.3 Å². The molecule has 0 amide bonds. The minimum absolute atomic E-state index is 0.294. The van der Waals surface area contributed by atoms with Crippen LogP contribution in [-0.4, -0.2) is 5.24 Å². The quantitative estimate of drug-likeness (QED) is 0.745. The fraction of sp³-hybridized carbons (Fsp3) is 0.188. The average molecular weight is 295 g/mol. The van der Waals surface area contributed by atoms with Crippen molar-refractivity contribution in [3.63, 3.8) is 0 Å². The lowest BCUT2D eigenvalue weighted by molar-refractivity contribution is -0.113. The largest absolute Gasteiger partial charge is 0.281 e. The molecule has 0 heterocycles. The van der Waals surface area contributed by atoms with E-state index >= 15 is 0 Å². The molecule has 0 bridgehead atoms. The van der Waals surface area contributed by atoms with Crippen molar-refractivity contribution in [2.45, 2.75) is 18.8 Å². The van der Waals surface area contributed by atoms with E-state index in [9.17, 15) is 13.6 Å². The molecule has 2 aromatic rings. The summed E-state index contributed by atoms with van der Waals surface area (Å²) < 4.78 is 25.7. The Morgan fingerprint density at radius 3 is 1.95 bits per heavy atom. The Balaban J connectivity index is 2.08. The molecule has 0 aromatic heterocycles. The third-order valence-electron chi connectivity index (χ3n) is 3.18. The maximum atomic E-state index is 12.9. The molecule has 2 rings (SSSR count). The molecule has 0 spiro atoms. The summed E-state index contributed by atoms with van der Waals surface area (Å²) in [7, 11) is 0. The first kappa shape index (κ1) is 14.7. The lowest BCUT2D eigenvalue weighted by Crippen LogP contribution is -2.08. The van der Waals surface area contributed by atoms with E-state index < -0.39 is 11.2 Å². The Morgan fingerprint density at radius 2 is 1.45 bits per heavy atom. The van der Waals surface area contributed by atoms with Crippen molar-refractivity contribution in [1.29, 1.82) is 0 Å². The Kier molecular flexibility index (Phi) is 4.85. The van der Waals surface area contributed by atoms with Crippen LogP contribution in [0.4, 0.5) is 8.78 Å². The van der Waals surface area contributed by atoms with Gasteiger partial charge < -0.3 is 0 Å². The minimum atomic E-state index is -0.484. The van der Waals surface area contributed by atoms with Crippen molar-refractivity contribution in [1.82, 2.24) is 0 Å². The van der Waals surface area contributed by atoms with E-state index in [2.05, 4.69) is 0 Å². The van der Waals surface area contributed by atoms with Gasteiger partial charge in [-0.1, -0.05) is 24.3 Å². The van der Waals surface area contributed by atoms with Crippen LogP contribution < -0.4 is 0 Å². The van der Waals surface area contributed by atoms with Gasteiger partial charge in [-0.15, -0.1) is 0 Å². The fourth-order valence-electron chi connectivity index (χ4n) is 2.07. The molecule has 0 saturated carbocycles. The van der Waals surface area contributed by atoms with E-state index in [1.165, 1.54) is 24.3 Å². The lowest BCUT2D eigenvalue weighted by atomic mass is 9.93. The van der Waals surface area contributed by atoms with Gasteiger partial charge in [-0.2, -0.15) is 0 Å². The molecule has 104 valence electrons. The summed E-state index contributed by atoms with van der Waals surface area (Å²) in [5.41, 5.74) is 1.62. The third-order valence-corrected chi connectivity index (χ3v) is 3.44. The van der Waals surface area contributed by atoms with Crippen LogP contribution in [0, 0.1) is 11.6 Å². The zero-order chi connectivity index (χ0) is 14.5. The van der Waals surface area contributed by atoms with Gasteiger partial charge in [0, 0.05) is 0 Å². The smallest absolute Gasteiger partial charge is 0.229 e. The summed E-state index contributed by atoms with van der Waals surface area (Å²) in [5.74, 6) is -1.13. The van der Waals surface area contributed by atoms with Crippen LogP contribution in [0.5, 0.6) is 0 Å². The van der Waals surface area contributed by atoms with Crippen LogP contribution in [-0.2, 0) is 11.2 Å². The topological polar surface area (TPSA) is 17.1 Å². The predicted molar refractivity (Wildman–Crippen MR) is 74.7 cm³/mol. The van der Waals surface area contributed by atoms with Crippen molar-refractivity contribution < 1.29 is 13.6 Å². The number of carbonyl (C=O) groups excluding carboxylic acids is 1. The molecule has 4 heteroatoms. The monoisotopic (exact) mass is 294 g/mol. The van der Waals surface area contributed by atoms with Crippen LogP contribution in [0.2, 0.25) is 0 Å². The summed E-state index contributed by atoms with van der Waals surface area (Å²) in [6.45, 7) is 0. The summed E-state index contributed by atoms with van der Waals surface area (Å²) in [6.07, 6.45) is 1.10. The van der Waals surface area contributed by atoms with Gasteiger partial charge in [0.25, 0.3) is 0 Å². The first-order valence-electron chi connectivity index (χ1n) is 6.25. The second-order valence-electron chi connectivity index (χ2n) is 4.57. The Bertz CT molecular complexity index is 578. The molecule has 2 aromatic carbocycles. The molecule has 0 fully saturated rings. The van der Waals surface area contributed by atoms with Crippen molar-refractivity contribution in [3.05, 3.63) is 71.3 Å². The number of hydrogen-bond acceptors (Lipinski definition) is 1. The number of hydrogen-bond donors (Lipinski definition) is 0. The molecule has 1 nitrogen and oxygen atoms in total. The van der Waals surface area contributed by atoms with Gasteiger partial charge in [-0.05, 0) is 59.8 Å². The van der Waals surface area contributed by atoms with Crippen molar-refractivity contribution in [2.75, 3.05) is 0 Å². The zero-order valence-corrected chi connectivity index (χ0v) is 11.4. The number of carbonyl (C=O) groups is 1. The van der Waals surface area contributed by atoms with Gasteiger partial charge in [-0.25, -0.2) is 8.78 Å². The van der Waals surface area contributed by atoms with Gasteiger partial charge in [0.15, 0.2) is 0 Å². The van der Waals surface area contributed by atoms with E-state index in [0.717, 1.165) is 5.56 Å². The molecule has 0 radical (unpaired) electrons. The van der Waals surface area contributed by atoms with Gasteiger partial charge in [0.05, 0.1) is 5.92 Å². The molecule has 0 aliphatic heterocycles. The standard InChI is InChI=1S/C16H13ClF2O/c17-16(20)15(12-4-8-14(19)9-5-12)10-3-11-1-6-13(18)7-2-11/h1-2,4-9,15H,3,10H2. The molecule has 0 saturated heterocycles. The number of benzene rings is 2. The van der Waals surface area contributed by atoms with Gasteiger partial charge in [0.2, 0.25) is 5.24 Å². The van der Waals surface area contributed by atoms with Crippen LogP contribution in [0.25, 0.3) is 0 Å². The van der Waals surface area contributed by atoms with Crippen molar-refractivity contribution in [3.8, 4) is 0 Å². The zero-order valence-electron chi connectivity index (χ0n) is 10.7. The maximum Gasteiger partial charge on any atom is 0.229 e. The first-order valence-corrected chi connectivity index (χ1v) is 6.63. The maximum absolute atomic E-state index is 12.9. The van der Waals surface area contributed by atoms with E-state index in [4.69, 9.17) is 11.6 Å². The molecule has 1 unspecified atom stereocenters. The molecule has 1 atom stereocenters. The number of halogens is 3. The van der Waals surface area contributed by atoms with Crippen molar-refractivity contribution >= 4 is 16.8 Å². The molecular formula is C16H13ClF2O. The highest BCUT2D eigenvalue weighted by Gasteiger charge is 2.18. The highest BCUT2D eigenvalue weighted by Crippen LogP contribution is 2.25. The molecule has 0 aliphatic carbocycles. The SMILES string of the molecule is O=C(Cl)C(CCc1ccc(F)cc1)c1ccc(F)cc1. The minimum Gasteiger partial charge on any atom is -0.281 e. The molecule has 0 N–H and O–H groups in total. The number of rotatable bonds is 5. The van der Waals surface area contributed by atoms with E-state index in [-0.39, 0.29) is 11.6 Å². The van der Waals surface area contributed by atoms with E-state index in [0.29, 0.717) is 18.4 Å². The molecular weight excluding hydrogens is 282 g/mol. The van der Waals surface area contributed by atoms with Crippen LogP contribution in [0.15, 0.2) is 48.5 Å². The van der Waals surface area contributed by atoms with Gasteiger partial charge >= 0.3 is 0 Å². The summed E-state index contributed by atoms with van der Waals surface area (Å²) in [4.78, 5) is 11.5. The average Bonchev–Trinajstić information content (AvgIpc) is 2.43. The highest BCUT2D eigenvalue weighted by molar-refractivity contribution is 6.64. The normalized spacial score (nSPS) is 12.2. The summed E-state index contributed by atoms with van der Waals surface area (Å²) >= 11 is 5.62. The molecule has 20 heavy (non-hydrogen) atoms. The predicted octanol–water partition coefficient (Wildman–Crippen LogP) is 4.45. The van der Waals surface area contributed by atoms with Gasteiger partial charge in [0.1, 0.15) is 11.6 Å². The Hall–Kier alpha value is -1.74. The van der Waals surface area contributed by atoms with Crippen LogP contribution in [0.1, 0.15) is 23.5 Å². The first-order chi connectivity index (χ1) is 9.56. The second kappa shape index (κ2) is 6.62. The third kappa shape index (κ3) is 3.87. The highest BCUT2D eigenvalue weighted by atomic mass is 35.5. The Morgan fingerprint density at radius 1 is 0.950 bits per heavy atom. The van der Waals surface area contributed by atoms with Crippen LogP contribution >= 0.6 is 11.6 Å². The summed E-state index contributed by atoms with van der Waals surface area (Å²) in [5, 5.41) is -0.473. The Labute approximate surface area is 121 Å². The fourth-order valence-corrected chi connectivity index (χ4v) is 2.30. The second-order valence-corrected chi connectivity index (χ2v) is 4.95. The van der Waals surface area contributed by atoms with Gasteiger partial charge in [-0.3, -0.25) is 4.79 Å². The number of aryl methyl sites for hydroxylation is 1. The lowest BCUT2D eigenvalue weighted by Gasteiger charge is -2.13. The van der Waals surface area contributed by atoms with E-state index in [1.807, 2.05) is 0 Å². The summed E-state index contributed by atoms with van der Waals surface area (Å²) in [6, 6.07) is 11.8. The van der Waals surface area contributed by atoms with Crippen molar-refractivity contribution in [2.24, 2.45) is 0 Å².